The van der Waals surface area contributed by atoms with Crippen molar-refractivity contribution in [2.45, 2.75) is 0 Å². The first-order valence-corrected chi connectivity index (χ1v) is 5.56. The minimum atomic E-state index is 0.681. The highest BCUT2D eigenvalue weighted by atomic mass is 79.9. The number of ether oxygens (including phenoxy) is 1. The van der Waals surface area contributed by atoms with E-state index in [4.69, 9.17) is 10.5 Å². The van der Waals surface area contributed by atoms with Crippen LogP contribution in [-0.4, -0.2) is 12.1 Å². The van der Waals surface area contributed by atoms with Gasteiger partial charge in [0.25, 0.3) is 0 Å². The molecule has 0 radical (unpaired) electrons. The fourth-order valence-electron chi connectivity index (χ4n) is 1.41. The molecule has 2 N–H and O–H groups in total. The SMILES string of the molecule is COc1ccc(-c2nccc(N)c2Br)cc1. The van der Waals surface area contributed by atoms with Crippen LogP contribution in [0.4, 0.5) is 5.69 Å². The van der Waals surface area contributed by atoms with Crippen molar-refractivity contribution in [3.05, 3.63) is 41.0 Å². The molecule has 0 saturated heterocycles. The Labute approximate surface area is 102 Å². The number of hydrogen-bond acceptors (Lipinski definition) is 3. The van der Waals surface area contributed by atoms with Crippen molar-refractivity contribution in [1.29, 1.82) is 0 Å². The van der Waals surface area contributed by atoms with Crippen molar-refractivity contribution in [2.75, 3.05) is 12.8 Å². The Morgan fingerprint density at radius 3 is 2.50 bits per heavy atom. The summed E-state index contributed by atoms with van der Waals surface area (Å²) in [7, 11) is 1.64. The maximum absolute atomic E-state index is 5.80. The van der Waals surface area contributed by atoms with Crippen molar-refractivity contribution >= 4 is 21.6 Å². The molecule has 4 heteroatoms. The van der Waals surface area contributed by atoms with Crippen LogP contribution >= 0.6 is 15.9 Å². The number of halogens is 1. The van der Waals surface area contributed by atoms with Crippen molar-refractivity contribution in [1.82, 2.24) is 4.98 Å². The lowest BCUT2D eigenvalue weighted by molar-refractivity contribution is 0.415. The highest BCUT2D eigenvalue weighted by Crippen LogP contribution is 2.31. The van der Waals surface area contributed by atoms with Gasteiger partial charge < -0.3 is 10.5 Å². The summed E-state index contributed by atoms with van der Waals surface area (Å²) in [4.78, 5) is 4.30. The molecule has 0 unspecified atom stereocenters. The second-order valence-corrected chi connectivity index (χ2v) is 4.08. The molecule has 1 aromatic carbocycles. The summed E-state index contributed by atoms with van der Waals surface area (Å²) >= 11 is 3.43. The molecule has 0 amide bonds. The largest absolute Gasteiger partial charge is 0.497 e. The van der Waals surface area contributed by atoms with Gasteiger partial charge in [0.1, 0.15) is 5.75 Å². The number of pyridine rings is 1. The van der Waals surface area contributed by atoms with Gasteiger partial charge in [-0.05, 0) is 46.3 Å². The zero-order valence-corrected chi connectivity index (χ0v) is 10.4. The summed E-state index contributed by atoms with van der Waals surface area (Å²) in [6.45, 7) is 0. The van der Waals surface area contributed by atoms with Gasteiger partial charge >= 0.3 is 0 Å². The van der Waals surface area contributed by atoms with Crippen molar-refractivity contribution in [3.8, 4) is 17.0 Å². The van der Waals surface area contributed by atoms with Crippen LogP contribution in [0.5, 0.6) is 5.75 Å². The Morgan fingerprint density at radius 2 is 1.88 bits per heavy atom. The Kier molecular flexibility index (Phi) is 3.10. The lowest BCUT2D eigenvalue weighted by atomic mass is 10.1. The summed E-state index contributed by atoms with van der Waals surface area (Å²) in [6, 6.07) is 9.45. The first-order chi connectivity index (χ1) is 7.72. The van der Waals surface area contributed by atoms with Gasteiger partial charge in [-0.15, -0.1) is 0 Å². The lowest BCUT2D eigenvalue weighted by Crippen LogP contribution is -1.92. The third-order valence-corrected chi connectivity index (χ3v) is 3.12. The van der Waals surface area contributed by atoms with Crippen LogP contribution in [0.3, 0.4) is 0 Å². The first-order valence-electron chi connectivity index (χ1n) is 4.77. The zero-order valence-electron chi connectivity index (χ0n) is 8.77. The monoisotopic (exact) mass is 278 g/mol. The summed E-state index contributed by atoms with van der Waals surface area (Å²) in [5.41, 5.74) is 8.32. The van der Waals surface area contributed by atoms with E-state index in [1.54, 1.807) is 19.4 Å². The van der Waals surface area contributed by atoms with E-state index >= 15 is 0 Å². The van der Waals surface area contributed by atoms with Crippen LogP contribution in [-0.2, 0) is 0 Å². The predicted octanol–water partition coefficient (Wildman–Crippen LogP) is 3.10. The molecule has 1 heterocycles. The van der Waals surface area contributed by atoms with Crippen LogP contribution in [0.15, 0.2) is 41.0 Å². The Hall–Kier alpha value is -1.55. The van der Waals surface area contributed by atoms with Crippen LogP contribution in [0.2, 0.25) is 0 Å². The van der Waals surface area contributed by atoms with Gasteiger partial charge in [0.05, 0.1) is 17.3 Å². The zero-order chi connectivity index (χ0) is 11.5. The van der Waals surface area contributed by atoms with E-state index in [9.17, 15) is 0 Å². The van der Waals surface area contributed by atoms with E-state index in [1.165, 1.54) is 0 Å². The van der Waals surface area contributed by atoms with Gasteiger partial charge in [-0.2, -0.15) is 0 Å². The van der Waals surface area contributed by atoms with Crippen LogP contribution < -0.4 is 10.5 Å². The number of nitrogens with two attached hydrogens (primary N) is 1. The lowest BCUT2D eigenvalue weighted by Gasteiger charge is -2.06. The molecule has 0 fully saturated rings. The Balaban J connectivity index is 2.46. The molecular weight excluding hydrogens is 268 g/mol. The third-order valence-electron chi connectivity index (χ3n) is 2.28. The van der Waals surface area contributed by atoms with Crippen LogP contribution in [0.25, 0.3) is 11.3 Å². The Morgan fingerprint density at radius 1 is 1.19 bits per heavy atom. The smallest absolute Gasteiger partial charge is 0.118 e. The topological polar surface area (TPSA) is 48.1 Å². The van der Waals surface area contributed by atoms with E-state index in [0.29, 0.717) is 5.69 Å². The number of hydrogen-bond donors (Lipinski definition) is 1. The molecule has 3 nitrogen and oxygen atoms in total. The average Bonchev–Trinajstić information content (AvgIpc) is 2.33. The number of anilines is 1. The number of nitrogens with zero attached hydrogens (tertiary/aromatic N) is 1. The third kappa shape index (κ3) is 2.02. The van der Waals surface area contributed by atoms with E-state index in [-0.39, 0.29) is 0 Å². The van der Waals surface area contributed by atoms with Gasteiger partial charge in [-0.1, -0.05) is 0 Å². The maximum Gasteiger partial charge on any atom is 0.118 e. The molecule has 2 rings (SSSR count). The minimum absolute atomic E-state index is 0.681. The summed E-state index contributed by atoms with van der Waals surface area (Å²) < 4.78 is 5.92. The molecule has 0 atom stereocenters. The highest BCUT2D eigenvalue weighted by Gasteiger charge is 2.06. The molecule has 82 valence electrons. The molecule has 0 aliphatic rings. The number of methoxy groups -OCH3 is 1. The molecule has 0 spiro atoms. The van der Waals surface area contributed by atoms with Gasteiger partial charge in [0, 0.05) is 17.4 Å². The van der Waals surface area contributed by atoms with Crippen molar-refractivity contribution in [3.63, 3.8) is 0 Å². The quantitative estimate of drug-likeness (QED) is 0.918. The number of nitrogen functional groups attached to an aromatic ring is 1. The van der Waals surface area contributed by atoms with Gasteiger partial charge in [-0.3, -0.25) is 4.98 Å². The number of aromatic nitrogens is 1. The highest BCUT2D eigenvalue weighted by molar-refractivity contribution is 9.10. The normalized spacial score (nSPS) is 10.1. The maximum atomic E-state index is 5.80. The fraction of sp³-hybridized carbons (Fsp3) is 0.0833. The molecular formula is C12H11BrN2O. The molecule has 0 aliphatic carbocycles. The second kappa shape index (κ2) is 4.53. The van der Waals surface area contributed by atoms with Crippen molar-refractivity contribution in [2.24, 2.45) is 0 Å². The second-order valence-electron chi connectivity index (χ2n) is 3.29. The minimum Gasteiger partial charge on any atom is -0.497 e. The average molecular weight is 279 g/mol. The van der Waals surface area contributed by atoms with Crippen LogP contribution in [0.1, 0.15) is 0 Å². The Bertz CT molecular complexity index is 497. The molecule has 16 heavy (non-hydrogen) atoms. The van der Waals surface area contributed by atoms with Crippen molar-refractivity contribution < 1.29 is 4.74 Å². The fourth-order valence-corrected chi connectivity index (χ4v) is 1.87. The molecule has 1 aromatic heterocycles. The summed E-state index contributed by atoms with van der Waals surface area (Å²) in [5, 5.41) is 0. The van der Waals surface area contributed by atoms with Gasteiger partial charge in [0.2, 0.25) is 0 Å². The molecule has 2 aromatic rings. The molecule has 0 aliphatic heterocycles. The van der Waals surface area contributed by atoms with Gasteiger partial charge in [-0.25, -0.2) is 0 Å². The van der Waals surface area contributed by atoms with E-state index in [0.717, 1.165) is 21.5 Å². The molecule has 0 bridgehead atoms. The summed E-state index contributed by atoms with van der Waals surface area (Å²) in [5.74, 6) is 0.823. The first kappa shape index (κ1) is 11.0. The van der Waals surface area contributed by atoms with Gasteiger partial charge in [0.15, 0.2) is 0 Å². The number of benzene rings is 1. The predicted molar refractivity (Wildman–Crippen MR) is 68.3 cm³/mol. The van der Waals surface area contributed by atoms with Crippen LogP contribution in [0, 0.1) is 0 Å². The van der Waals surface area contributed by atoms with E-state index < -0.39 is 0 Å². The standard InChI is InChI=1S/C12H11BrN2O/c1-16-9-4-2-8(3-5-9)12-11(13)10(14)6-7-15-12/h2-7H,1H3,(H2,14,15). The summed E-state index contributed by atoms with van der Waals surface area (Å²) in [6.07, 6.45) is 1.69. The van der Waals surface area contributed by atoms with E-state index in [1.807, 2.05) is 24.3 Å². The molecule has 0 saturated carbocycles. The van der Waals surface area contributed by atoms with E-state index in [2.05, 4.69) is 20.9 Å². The number of rotatable bonds is 2.